The first-order valence-corrected chi connectivity index (χ1v) is 9.28. The SMILES string of the molecule is CC(C)n1c2cc(F)ccc2c(=O)c2cc3[nH]c4cc(F)ccc4c(=O)c3cc21. The minimum Gasteiger partial charge on any atom is -0.354 e. The van der Waals surface area contributed by atoms with E-state index in [0.29, 0.717) is 43.6 Å². The summed E-state index contributed by atoms with van der Waals surface area (Å²) in [5, 5.41) is 1.57. The minimum atomic E-state index is -0.455. The third-order valence-electron chi connectivity index (χ3n) is 5.36. The van der Waals surface area contributed by atoms with E-state index in [1.54, 1.807) is 12.1 Å². The van der Waals surface area contributed by atoms with Crippen molar-refractivity contribution in [3.05, 3.63) is 80.6 Å². The van der Waals surface area contributed by atoms with E-state index in [0.717, 1.165) is 0 Å². The quantitative estimate of drug-likeness (QED) is 0.409. The Kier molecular flexibility index (Phi) is 3.62. The number of fused-ring (bicyclic) bond motifs is 4. The Bertz CT molecular complexity index is 1600. The summed E-state index contributed by atoms with van der Waals surface area (Å²) >= 11 is 0. The van der Waals surface area contributed by atoms with Gasteiger partial charge in [-0.25, -0.2) is 8.78 Å². The molecule has 0 amide bonds. The fourth-order valence-electron chi connectivity index (χ4n) is 4.10. The van der Waals surface area contributed by atoms with Crippen LogP contribution in [0.2, 0.25) is 0 Å². The predicted molar refractivity (Wildman–Crippen MR) is 112 cm³/mol. The number of nitrogens with zero attached hydrogens (tertiary/aromatic N) is 1. The van der Waals surface area contributed by atoms with Gasteiger partial charge in [-0.05, 0) is 62.4 Å². The molecular weight excluding hydrogens is 374 g/mol. The molecule has 4 nitrogen and oxygen atoms in total. The van der Waals surface area contributed by atoms with Gasteiger partial charge in [-0.15, -0.1) is 0 Å². The molecule has 6 heteroatoms. The molecule has 3 aromatic carbocycles. The van der Waals surface area contributed by atoms with Gasteiger partial charge in [-0.3, -0.25) is 9.59 Å². The zero-order valence-electron chi connectivity index (χ0n) is 15.7. The van der Waals surface area contributed by atoms with Gasteiger partial charge in [0.1, 0.15) is 11.6 Å². The van der Waals surface area contributed by atoms with Crippen LogP contribution in [0.1, 0.15) is 19.9 Å². The Balaban J connectivity index is 2.06. The first-order chi connectivity index (χ1) is 13.8. The van der Waals surface area contributed by atoms with Crippen molar-refractivity contribution in [2.24, 2.45) is 0 Å². The maximum atomic E-state index is 13.9. The van der Waals surface area contributed by atoms with Crippen LogP contribution in [0.15, 0.2) is 58.1 Å². The lowest BCUT2D eigenvalue weighted by Gasteiger charge is -2.19. The van der Waals surface area contributed by atoms with Gasteiger partial charge in [0.2, 0.25) is 0 Å². The monoisotopic (exact) mass is 390 g/mol. The topological polar surface area (TPSA) is 54.9 Å². The summed E-state index contributed by atoms with van der Waals surface area (Å²) in [6, 6.07) is 11.2. The van der Waals surface area contributed by atoms with Crippen LogP contribution in [0.25, 0.3) is 43.6 Å². The van der Waals surface area contributed by atoms with Gasteiger partial charge in [0, 0.05) is 27.6 Å². The van der Waals surface area contributed by atoms with Gasteiger partial charge in [0.15, 0.2) is 10.9 Å². The van der Waals surface area contributed by atoms with Crippen LogP contribution in [-0.2, 0) is 0 Å². The van der Waals surface area contributed by atoms with Crippen molar-refractivity contribution in [3.8, 4) is 0 Å². The van der Waals surface area contributed by atoms with Crippen LogP contribution < -0.4 is 10.9 Å². The molecule has 0 spiro atoms. The Morgan fingerprint density at radius 2 is 1.31 bits per heavy atom. The largest absolute Gasteiger partial charge is 0.354 e. The van der Waals surface area contributed by atoms with E-state index in [-0.39, 0.29) is 16.9 Å². The highest BCUT2D eigenvalue weighted by atomic mass is 19.1. The molecule has 0 aliphatic rings. The van der Waals surface area contributed by atoms with Gasteiger partial charge < -0.3 is 9.55 Å². The van der Waals surface area contributed by atoms with Gasteiger partial charge >= 0.3 is 0 Å². The van der Waals surface area contributed by atoms with E-state index in [1.807, 2.05) is 18.4 Å². The molecule has 2 heterocycles. The highest BCUT2D eigenvalue weighted by molar-refractivity contribution is 6.03. The molecule has 0 saturated heterocycles. The van der Waals surface area contributed by atoms with Crippen LogP contribution in [-0.4, -0.2) is 9.55 Å². The standard InChI is InChI=1S/C23H16F2N2O2/c1-11(2)27-20-8-13(25)4-6-15(20)23(29)17-9-19-16(10-21(17)27)22(28)14-5-3-12(24)7-18(14)26-19/h3-11H,1-2H3,(H,26,28). The van der Waals surface area contributed by atoms with Gasteiger partial charge in [-0.1, -0.05) is 0 Å². The number of aromatic amines is 1. The first kappa shape index (κ1) is 17.6. The second-order valence-corrected chi connectivity index (χ2v) is 7.51. The molecule has 0 radical (unpaired) electrons. The van der Waals surface area contributed by atoms with Crippen LogP contribution in [0.4, 0.5) is 8.78 Å². The third kappa shape index (κ3) is 2.49. The Hall–Kier alpha value is -3.54. The Morgan fingerprint density at radius 3 is 2.03 bits per heavy atom. The van der Waals surface area contributed by atoms with Crippen LogP contribution >= 0.6 is 0 Å². The average molecular weight is 390 g/mol. The number of rotatable bonds is 1. The molecule has 0 saturated carbocycles. The normalized spacial score (nSPS) is 12.0. The van der Waals surface area contributed by atoms with Crippen molar-refractivity contribution >= 4 is 43.6 Å². The highest BCUT2D eigenvalue weighted by Crippen LogP contribution is 2.27. The number of hydrogen-bond acceptors (Lipinski definition) is 2. The van der Waals surface area contributed by atoms with Crippen molar-refractivity contribution in [3.63, 3.8) is 0 Å². The van der Waals surface area contributed by atoms with Gasteiger partial charge in [0.05, 0.1) is 22.1 Å². The summed E-state index contributed by atoms with van der Waals surface area (Å²) in [4.78, 5) is 29.2. The second kappa shape index (κ2) is 5.98. The molecule has 0 aliphatic heterocycles. The number of halogens is 2. The summed E-state index contributed by atoms with van der Waals surface area (Å²) in [5.74, 6) is -0.888. The zero-order chi connectivity index (χ0) is 20.4. The fourth-order valence-corrected chi connectivity index (χ4v) is 4.10. The highest BCUT2D eigenvalue weighted by Gasteiger charge is 2.16. The molecule has 0 bridgehead atoms. The molecule has 0 atom stereocenters. The minimum absolute atomic E-state index is 0.0755. The molecule has 0 aliphatic carbocycles. The van der Waals surface area contributed by atoms with E-state index in [1.165, 1.54) is 36.4 Å². The molecule has 5 aromatic rings. The lowest BCUT2D eigenvalue weighted by molar-refractivity contribution is 0.618. The van der Waals surface area contributed by atoms with E-state index in [9.17, 15) is 18.4 Å². The molecule has 1 N–H and O–H groups in total. The molecular formula is C23H16F2N2O2. The van der Waals surface area contributed by atoms with E-state index >= 15 is 0 Å². The van der Waals surface area contributed by atoms with E-state index in [2.05, 4.69) is 4.98 Å². The average Bonchev–Trinajstić information content (AvgIpc) is 2.67. The smallest absolute Gasteiger partial charge is 0.197 e. The third-order valence-corrected chi connectivity index (χ3v) is 5.36. The van der Waals surface area contributed by atoms with E-state index < -0.39 is 11.6 Å². The van der Waals surface area contributed by atoms with Crippen LogP contribution in [0, 0.1) is 11.6 Å². The number of pyridine rings is 2. The van der Waals surface area contributed by atoms with Crippen molar-refractivity contribution in [1.82, 2.24) is 9.55 Å². The molecule has 2 aromatic heterocycles. The Labute approximate surface area is 163 Å². The Morgan fingerprint density at radius 1 is 0.724 bits per heavy atom. The summed E-state index contributed by atoms with van der Waals surface area (Å²) in [7, 11) is 0. The van der Waals surface area contributed by atoms with Crippen molar-refractivity contribution in [1.29, 1.82) is 0 Å². The molecule has 29 heavy (non-hydrogen) atoms. The number of hydrogen-bond donors (Lipinski definition) is 1. The number of nitrogens with one attached hydrogen (secondary N) is 1. The molecule has 0 unspecified atom stereocenters. The lowest BCUT2D eigenvalue weighted by Crippen LogP contribution is -2.14. The first-order valence-electron chi connectivity index (χ1n) is 9.28. The summed E-state index contributed by atoms with van der Waals surface area (Å²) in [6.45, 7) is 3.87. The molecule has 144 valence electrons. The van der Waals surface area contributed by atoms with Crippen molar-refractivity contribution in [2.75, 3.05) is 0 Å². The maximum absolute atomic E-state index is 13.9. The molecule has 5 rings (SSSR count). The number of benzene rings is 3. The lowest BCUT2D eigenvalue weighted by atomic mass is 10.0. The van der Waals surface area contributed by atoms with Gasteiger partial charge in [-0.2, -0.15) is 0 Å². The second-order valence-electron chi connectivity index (χ2n) is 7.51. The molecule has 0 fully saturated rings. The van der Waals surface area contributed by atoms with Crippen LogP contribution in [0.5, 0.6) is 0 Å². The van der Waals surface area contributed by atoms with Crippen LogP contribution in [0.3, 0.4) is 0 Å². The summed E-state index contributed by atoms with van der Waals surface area (Å²) < 4.78 is 29.4. The number of H-pyrrole nitrogens is 1. The maximum Gasteiger partial charge on any atom is 0.197 e. The van der Waals surface area contributed by atoms with E-state index in [4.69, 9.17) is 0 Å². The van der Waals surface area contributed by atoms with Crippen molar-refractivity contribution in [2.45, 2.75) is 19.9 Å². The predicted octanol–water partition coefficient (Wildman–Crippen LogP) is 5.01. The summed E-state index contributed by atoms with van der Waals surface area (Å²) in [6.07, 6.45) is 0. The van der Waals surface area contributed by atoms with Gasteiger partial charge in [0.25, 0.3) is 0 Å². The summed E-state index contributed by atoms with van der Waals surface area (Å²) in [5.41, 5.74) is 1.37. The fraction of sp³-hybridized carbons (Fsp3) is 0.130. The zero-order valence-corrected chi connectivity index (χ0v) is 15.7. The number of aromatic nitrogens is 2. The van der Waals surface area contributed by atoms with Crippen molar-refractivity contribution < 1.29 is 8.78 Å².